The minimum atomic E-state index is -4.66. The highest BCUT2D eigenvalue weighted by molar-refractivity contribution is 6.02. The summed E-state index contributed by atoms with van der Waals surface area (Å²) in [6.45, 7) is 3.10. The number of amides is 2. The highest BCUT2D eigenvalue weighted by atomic mass is 19.4. The first-order valence-corrected chi connectivity index (χ1v) is 12.9. The summed E-state index contributed by atoms with van der Waals surface area (Å²) in [6.07, 6.45) is -4.66. The smallest absolute Gasteiger partial charge is 0.433 e. The van der Waals surface area contributed by atoms with Gasteiger partial charge in [0.15, 0.2) is 11.5 Å². The van der Waals surface area contributed by atoms with Gasteiger partial charge in [0.05, 0.1) is 13.2 Å². The molecule has 216 valence electrons. The van der Waals surface area contributed by atoms with Gasteiger partial charge in [0.2, 0.25) is 11.8 Å². The first-order valence-electron chi connectivity index (χ1n) is 12.9. The molecule has 0 fully saturated rings. The van der Waals surface area contributed by atoms with Crippen molar-refractivity contribution in [2.45, 2.75) is 32.1 Å². The lowest BCUT2D eigenvalue weighted by Crippen LogP contribution is -2.42. The molecule has 3 aromatic carbocycles. The van der Waals surface area contributed by atoms with Gasteiger partial charge in [0.25, 0.3) is 5.91 Å². The molecule has 5 aromatic rings. The quantitative estimate of drug-likeness (QED) is 0.221. The molecule has 42 heavy (non-hydrogen) atoms. The van der Waals surface area contributed by atoms with Gasteiger partial charge in [-0.25, -0.2) is 9.97 Å². The summed E-state index contributed by atoms with van der Waals surface area (Å²) >= 11 is 0. The van der Waals surface area contributed by atoms with Crippen molar-refractivity contribution in [3.05, 3.63) is 83.9 Å². The van der Waals surface area contributed by atoms with Gasteiger partial charge in [-0.05, 0) is 61.0 Å². The van der Waals surface area contributed by atoms with Crippen molar-refractivity contribution in [1.29, 1.82) is 0 Å². The molecule has 0 unspecified atom stereocenters. The predicted molar refractivity (Wildman–Crippen MR) is 151 cm³/mol. The molecule has 12 heteroatoms. The third kappa shape index (κ3) is 5.61. The molecule has 2 aromatic heterocycles. The van der Waals surface area contributed by atoms with E-state index in [0.29, 0.717) is 5.69 Å². The van der Waals surface area contributed by atoms with E-state index in [-0.39, 0.29) is 39.6 Å². The number of carbonyl (C=O) groups excluding carboxylic acids is 2. The van der Waals surface area contributed by atoms with Crippen LogP contribution in [-0.2, 0) is 11.0 Å². The van der Waals surface area contributed by atoms with E-state index in [4.69, 9.17) is 14.9 Å². The number of fused-ring (bicyclic) bond motifs is 2. The number of halogens is 3. The molecule has 0 spiro atoms. The van der Waals surface area contributed by atoms with Crippen molar-refractivity contribution in [2.75, 3.05) is 12.4 Å². The Kier molecular flexibility index (Phi) is 7.57. The number of carbonyl (C=O) groups is 2. The van der Waals surface area contributed by atoms with Gasteiger partial charge in [-0.3, -0.25) is 9.59 Å². The summed E-state index contributed by atoms with van der Waals surface area (Å²) in [6, 6.07) is 16.5. The molecule has 0 bridgehead atoms. The lowest BCUT2D eigenvalue weighted by molar-refractivity contribution is -0.141. The SMILES string of the molecule is COc1ccc(-c2nc(C(=O)N[C@H](C)C(=O)Nc3ccc4ccccc4c3)c([C@H](C)N)o2)c2ccc(C(F)(F)F)nc12. The van der Waals surface area contributed by atoms with Crippen molar-refractivity contribution in [2.24, 2.45) is 5.73 Å². The lowest BCUT2D eigenvalue weighted by Gasteiger charge is -2.14. The van der Waals surface area contributed by atoms with Crippen molar-refractivity contribution >= 4 is 39.2 Å². The van der Waals surface area contributed by atoms with E-state index in [1.165, 1.54) is 32.2 Å². The van der Waals surface area contributed by atoms with Gasteiger partial charge in [0, 0.05) is 16.6 Å². The number of hydrogen-bond donors (Lipinski definition) is 3. The maximum absolute atomic E-state index is 13.3. The predicted octanol–water partition coefficient (Wildman–Crippen LogP) is 5.85. The lowest BCUT2D eigenvalue weighted by atomic mass is 10.1. The van der Waals surface area contributed by atoms with Crippen molar-refractivity contribution in [3.63, 3.8) is 0 Å². The molecule has 0 radical (unpaired) electrons. The van der Waals surface area contributed by atoms with Crippen LogP contribution < -0.4 is 21.1 Å². The normalized spacial score (nSPS) is 13.1. The number of ether oxygens (including phenoxy) is 1. The zero-order valence-electron chi connectivity index (χ0n) is 22.7. The number of pyridine rings is 1. The monoisotopic (exact) mass is 577 g/mol. The average Bonchev–Trinajstić information content (AvgIpc) is 3.41. The second-order valence-corrected chi connectivity index (χ2v) is 9.67. The molecular formula is C30H26F3N5O4. The van der Waals surface area contributed by atoms with Crippen LogP contribution in [0.1, 0.15) is 41.8 Å². The van der Waals surface area contributed by atoms with Gasteiger partial charge in [0.1, 0.15) is 23.0 Å². The molecular weight excluding hydrogens is 551 g/mol. The van der Waals surface area contributed by atoms with Crippen LogP contribution in [0.2, 0.25) is 0 Å². The van der Waals surface area contributed by atoms with Gasteiger partial charge in [-0.1, -0.05) is 30.3 Å². The van der Waals surface area contributed by atoms with Crippen LogP contribution in [0.4, 0.5) is 18.9 Å². The van der Waals surface area contributed by atoms with Crippen LogP contribution in [0.3, 0.4) is 0 Å². The summed E-state index contributed by atoms with van der Waals surface area (Å²) in [5.74, 6) is -1.09. The number of methoxy groups -OCH3 is 1. The number of alkyl halides is 3. The van der Waals surface area contributed by atoms with E-state index in [1.807, 2.05) is 36.4 Å². The van der Waals surface area contributed by atoms with Gasteiger partial charge in [-0.2, -0.15) is 13.2 Å². The van der Waals surface area contributed by atoms with Crippen molar-refractivity contribution in [1.82, 2.24) is 15.3 Å². The van der Waals surface area contributed by atoms with Crippen LogP contribution in [-0.4, -0.2) is 34.9 Å². The number of benzene rings is 3. The van der Waals surface area contributed by atoms with E-state index < -0.39 is 35.8 Å². The molecule has 0 aliphatic rings. The first kappa shape index (κ1) is 28.6. The summed E-state index contributed by atoms with van der Waals surface area (Å²) in [5, 5.41) is 7.61. The number of nitrogens with two attached hydrogens (primary N) is 1. The van der Waals surface area contributed by atoms with Crippen LogP contribution in [0.25, 0.3) is 33.1 Å². The van der Waals surface area contributed by atoms with Gasteiger partial charge < -0.3 is 25.5 Å². The molecule has 4 N–H and O–H groups in total. The summed E-state index contributed by atoms with van der Waals surface area (Å²) < 4.78 is 51.1. The van der Waals surface area contributed by atoms with Gasteiger partial charge >= 0.3 is 6.18 Å². The molecule has 0 saturated heterocycles. The molecule has 2 amide bonds. The second kappa shape index (κ2) is 11.1. The number of hydrogen-bond acceptors (Lipinski definition) is 7. The minimum absolute atomic E-state index is 0.0356. The third-order valence-corrected chi connectivity index (χ3v) is 6.60. The van der Waals surface area contributed by atoms with Crippen LogP contribution in [0, 0.1) is 0 Å². The number of anilines is 1. The fourth-order valence-electron chi connectivity index (χ4n) is 4.47. The second-order valence-electron chi connectivity index (χ2n) is 9.67. The Bertz CT molecular complexity index is 1820. The van der Waals surface area contributed by atoms with Gasteiger partial charge in [-0.15, -0.1) is 0 Å². The first-order chi connectivity index (χ1) is 20.0. The Hall–Kier alpha value is -4.97. The summed E-state index contributed by atoms with van der Waals surface area (Å²) in [5.41, 5.74) is 5.58. The topological polar surface area (TPSA) is 132 Å². The largest absolute Gasteiger partial charge is 0.494 e. The summed E-state index contributed by atoms with van der Waals surface area (Å²) in [7, 11) is 1.31. The number of nitrogens with one attached hydrogen (secondary N) is 2. The van der Waals surface area contributed by atoms with Crippen molar-refractivity contribution < 1.29 is 31.9 Å². The number of rotatable bonds is 7. The highest BCUT2D eigenvalue weighted by Gasteiger charge is 2.33. The Morgan fingerprint density at radius 1 is 0.976 bits per heavy atom. The average molecular weight is 578 g/mol. The summed E-state index contributed by atoms with van der Waals surface area (Å²) in [4.78, 5) is 34.2. The molecule has 5 rings (SSSR count). The molecule has 9 nitrogen and oxygen atoms in total. The maximum Gasteiger partial charge on any atom is 0.433 e. The van der Waals surface area contributed by atoms with Crippen LogP contribution in [0.5, 0.6) is 5.75 Å². The number of aromatic nitrogens is 2. The molecule has 0 aliphatic carbocycles. The third-order valence-electron chi connectivity index (χ3n) is 6.60. The Labute approximate surface area is 237 Å². The number of oxazole rings is 1. The fraction of sp³-hybridized carbons (Fsp3) is 0.200. The fourth-order valence-corrected chi connectivity index (χ4v) is 4.47. The van der Waals surface area contributed by atoms with E-state index >= 15 is 0 Å². The zero-order chi connectivity index (χ0) is 30.2. The van der Waals surface area contributed by atoms with Crippen LogP contribution in [0.15, 0.2) is 71.1 Å². The minimum Gasteiger partial charge on any atom is -0.494 e. The standard InChI is InChI=1S/C30H26F3N5O4/c1-15(34)26-25(28(40)35-16(2)27(39)36-19-9-8-17-6-4-5-7-18(17)14-19)38-29(42-26)21-10-12-22(41-3)24-20(21)11-13-23(37-24)30(31,32)33/h4-16H,34H2,1-3H3,(H,35,40)(H,36,39)/t15-,16+/m0/s1. The Balaban J connectivity index is 1.42. The van der Waals surface area contributed by atoms with E-state index in [0.717, 1.165) is 16.8 Å². The van der Waals surface area contributed by atoms with Crippen LogP contribution >= 0.6 is 0 Å². The Morgan fingerprint density at radius 2 is 1.71 bits per heavy atom. The molecule has 2 heterocycles. The highest BCUT2D eigenvalue weighted by Crippen LogP contribution is 2.37. The number of nitrogens with zero attached hydrogens (tertiary/aromatic N) is 2. The van der Waals surface area contributed by atoms with Crippen molar-refractivity contribution in [3.8, 4) is 17.2 Å². The molecule has 0 aliphatic heterocycles. The molecule has 0 saturated carbocycles. The molecule has 2 atom stereocenters. The zero-order valence-corrected chi connectivity index (χ0v) is 22.7. The maximum atomic E-state index is 13.3. The van der Waals surface area contributed by atoms with E-state index in [2.05, 4.69) is 20.6 Å². The van der Waals surface area contributed by atoms with E-state index in [1.54, 1.807) is 13.0 Å². The van der Waals surface area contributed by atoms with E-state index in [9.17, 15) is 22.8 Å². The Morgan fingerprint density at radius 3 is 2.40 bits per heavy atom.